The number of aryl methyl sites for hydroxylation is 2. The Bertz CT molecular complexity index is 2170. The van der Waals surface area contributed by atoms with Gasteiger partial charge in [0.1, 0.15) is 11.4 Å². The van der Waals surface area contributed by atoms with Crippen molar-refractivity contribution >= 4 is 63.9 Å². The zero-order valence-electron chi connectivity index (χ0n) is 26.1. The third-order valence-corrected chi connectivity index (χ3v) is 11.8. The van der Waals surface area contributed by atoms with Crippen molar-refractivity contribution in [1.82, 2.24) is 0 Å². The van der Waals surface area contributed by atoms with E-state index in [1.54, 1.807) is 0 Å². The standard InChI is InChI=1S/C34H22Cl2F5N3O7/c1-12-8-14(9-13(2)28(12)45)21-17-6-7-18-20(30(47)42(29(18)46)15-4-3-5-16(10-15)44(50)51)19(17)11-33(35)31(48)43(32(49)34(21,33)36)27-25(40)23(38)22(37)24(39)26(27)41/h3-6,8-10,18-21,45H,7,11H2,1-2H3/t18-,19+,20-,21-,33+,34-/m0/s1. The number of benzene rings is 3. The van der Waals surface area contributed by atoms with Crippen LogP contribution in [0.2, 0.25) is 0 Å². The molecule has 0 aromatic heterocycles. The molecular weight excluding hydrogens is 728 g/mol. The Labute approximate surface area is 294 Å². The molecule has 3 aromatic carbocycles. The monoisotopic (exact) mass is 749 g/mol. The molecule has 3 aromatic rings. The van der Waals surface area contributed by atoms with E-state index in [-0.39, 0.29) is 45.0 Å². The molecule has 0 spiro atoms. The number of phenolic OH excluding ortho intramolecular Hbond substituents is 1. The van der Waals surface area contributed by atoms with Crippen LogP contribution in [0.5, 0.6) is 5.75 Å². The van der Waals surface area contributed by atoms with Gasteiger partial charge in [0.25, 0.3) is 17.5 Å². The topological polar surface area (TPSA) is 138 Å². The van der Waals surface area contributed by atoms with Crippen molar-refractivity contribution in [3.05, 3.63) is 104 Å². The van der Waals surface area contributed by atoms with Crippen LogP contribution in [0.1, 0.15) is 35.4 Å². The Balaban J connectivity index is 1.44. The predicted octanol–water partition coefficient (Wildman–Crippen LogP) is 6.38. The smallest absolute Gasteiger partial charge is 0.271 e. The number of nitrogens with zero attached hydrogens (tertiary/aromatic N) is 3. The third-order valence-electron chi connectivity index (χ3n) is 10.4. The SMILES string of the molecule is Cc1cc([C@H]2C3=CC[C@@H]4C(=O)N(c5cccc([N+](=O)[O-])c5)C(=O)[C@@H]4[C@@H]3C[C@@]3(Cl)C(=O)N(c4c(F)c(F)c(F)c(F)c4F)C(=O)[C@@]23Cl)cc(C)c1O. The first-order valence-corrected chi connectivity index (χ1v) is 16.0. The summed E-state index contributed by atoms with van der Waals surface area (Å²) < 4.78 is 73.4. The predicted molar refractivity (Wildman–Crippen MR) is 170 cm³/mol. The molecule has 7 rings (SSSR count). The number of hydrogen-bond donors (Lipinski definition) is 1. The number of rotatable bonds is 4. The Kier molecular flexibility index (Phi) is 7.66. The van der Waals surface area contributed by atoms with Crippen LogP contribution >= 0.6 is 23.2 Å². The summed E-state index contributed by atoms with van der Waals surface area (Å²) in [4.78, 5) is 62.5. The Hall–Kier alpha value is -4.89. The highest BCUT2D eigenvalue weighted by molar-refractivity contribution is 6.58. The highest BCUT2D eigenvalue weighted by Gasteiger charge is 2.77. The molecular formula is C34H22Cl2F5N3O7. The van der Waals surface area contributed by atoms with Gasteiger partial charge in [-0.1, -0.05) is 29.8 Å². The summed E-state index contributed by atoms with van der Waals surface area (Å²) in [5.74, 6) is -22.5. The van der Waals surface area contributed by atoms with Crippen molar-refractivity contribution in [2.45, 2.75) is 42.4 Å². The summed E-state index contributed by atoms with van der Waals surface area (Å²) in [6.07, 6.45) is 0.691. The van der Waals surface area contributed by atoms with Gasteiger partial charge in [-0.15, -0.1) is 23.2 Å². The molecule has 4 amide bonds. The maximum Gasteiger partial charge on any atom is 0.271 e. The fourth-order valence-electron chi connectivity index (χ4n) is 8.10. The highest BCUT2D eigenvalue weighted by atomic mass is 35.5. The summed E-state index contributed by atoms with van der Waals surface area (Å²) in [5.41, 5.74) is -1.53. The van der Waals surface area contributed by atoms with Crippen LogP contribution in [0, 0.1) is 70.8 Å². The van der Waals surface area contributed by atoms with Crippen LogP contribution in [-0.2, 0) is 19.2 Å². The number of fused-ring (bicyclic) bond motifs is 4. The molecule has 0 bridgehead atoms. The number of imide groups is 2. The Morgan fingerprint density at radius 3 is 2.02 bits per heavy atom. The van der Waals surface area contributed by atoms with Gasteiger partial charge >= 0.3 is 0 Å². The molecule has 4 aliphatic rings. The number of carbonyl (C=O) groups excluding carboxylic acids is 4. The molecule has 10 nitrogen and oxygen atoms in total. The summed E-state index contributed by atoms with van der Waals surface area (Å²) in [5, 5.41) is 22.0. The molecule has 17 heteroatoms. The van der Waals surface area contributed by atoms with Crippen molar-refractivity contribution in [2.75, 3.05) is 9.80 Å². The number of allylic oxidation sites excluding steroid dienone is 2. The van der Waals surface area contributed by atoms with Gasteiger partial charge in [-0.05, 0) is 55.4 Å². The van der Waals surface area contributed by atoms with E-state index in [1.165, 1.54) is 44.2 Å². The van der Waals surface area contributed by atoms with Crippen LogP contribution in [0.3, 0.4) is 0 Å². The van der Waals surface area contributed by atoms with Crippen molar-refractivity contribution in [3.8, 4) is 5.75 Å². The quantitative estimate of drug-likeness (QED) is 0.0478. The fraction of sp³-hybridized carbons (Fsp3) is 0.294. The van der Waals surface area contributed by atoms with Gasteiger partial charge in [0.15, 0.2) is 33.0 Å². The normalized spacial score (nSPS) is 28.5. The van der Waals surface area contributed by atoms with E-state index in [4.69, 9.17) is 23.2 Å². The second kappa shape index (κ2) is 11.3. The molecule has 6 atom stereocenters. The minimum atomic E-state index is -2.72. The summed E-state index contributed by atoms with van der Waals surface area (Å²) in [6.45, 7) is 3.01. The average Bonchev–Trinajstić information content (AvgIpc) is 3.43. The number of non-ortho nitro benzene ring substituents is 1. The molecule has 0 unspecified atom stereocenters. The number of phenols is 1. The van der Waals surface area contributed by atoms with E-state index in [2.05, 4.69) is 0 Å². The third kappa shape index (κ3) is 4.40. The minimum Gasteiger partial charge on any atom is -0.507 e. The highest BCUT2D eigenvalue weighted by Crippen LogP contribution is 2.66. The van der Waals surface area contributed by atoms with E-state index < -0.39 is 109 Å². The van der Waals surface area contributed by atoms with Gasteiger partial charge in [-0.2, -0.15) is 0 Å². The van der Waals surface area contributed by atoms with Crippen LogP contribution in [0.25, 0.3) is 0 Å². The fourth-order valence-corrected chi connectivity index (χ4v) is 9.03. The maximum atomic E-state index is 15.2. The number of hydrogen-bond acceptors (Lipinski definition) is 7. The zero-order chi connectivity index (χ0) is 37.2. The van der Waals surface area contributed by atoms with Gasteiger partial charge in [0, 0.05) is 18.1 Å². The minimum absolute atomic E-state index is 0.107. The van der Waals surface area contributed by atoms with Gasteiger partial charge in [0.05, 0.1) is 22.4 Å². The summed E-state index contributed by atoms with van der Waals surface area (Å²) in [7, 11) is 0. The number of nitro benzene ring substituents is 1. The molecule has 1 saturated carbocycles. The van der Waals surface area contributed by atoms with Crippen LogP contribution in [0.15, 0.2) is 48.0 Å². The molecule has 2 aliphatic carbocycles. The largest absolute Gasteiger partial charge is 0.507 e. The molecule has 1 N–H and O–H groups in total. The molecule has 51 heavy (non-hydrogen) atoms. The number of anilines is 2. The van der Waals surface area contributed by atoms with Crippen molar-refractivity contribution < 1.29 is 51.2 Å². The molecule has 2 aliphatic heterocycles. The zero-order valence-corrected chi connectivity index (χ0v) is 27.7. The number of aromatic hydroxyl groups is 1. The average molecular weight is 750 g/mol. The van der Waals surface area contributed by atoms with Crippen molar-refractivity contribution in [2.24, 2.45) is 17.8 Å². The van der Waals surface area contributed by atoms with E-state index in [0.717, 1.165) is 17.0 Å². The Morgan fingerprint density at radius 2 is 1.43 bits per heavy atom. The second-order valence-corrected chi connectivity index (χ2v) is 14.2. The molecule has 3 fully saturated rings. The van der Waals surface area contributed by atoms with Gasteiger partial charge < -0.3 is 5.11 Å². The molecule has 2 saturated heterocycles. The number of halogens is 7. The van der Waals surface area contributed by atoms with Crippen LogP contribution in [0.4, 0.5) is 39.0 Å². The van der Waals surface area contributed by atoms with Gasteiger partial charge in [0.2, 0.25) is 17.6 Å². The Morgan fingerprint density at radius 1 is 0.843 bits per heavy atom. The number of carbonyl (C=O) groups is 4. The van der Waals surface area contributed by atoms with E-state index >= 15 is 8.78 Å². The lowest BCUT2D eigenvalue weighted by Crippen LogP contribution is -2.60. The lowest BCUT2D eigenvalue weighted by molar-refractivity contribution is -0.384. The first-order valence-electron chi connectivity index (χ1n) is 15.3. The van der Waals surface area contributed by atoms with Gasteiger partial charge in [-0.25, -0.2) is 31.8 Å². The van der Waals surface area contributed by atoms with Crippen LogP contribution < -0.4 is 9.80 Å². The van der Waals surface area contributed by atoms with E-state index in [0.29, 0.717) is 0 Å². The number of nitro groups is 1. The lowest BCUT2D eigenvalue weighted by Gasteiger charge is -2.50. The second-order valence-electron chi connectivity index (χ2n) is 13.0. The first kappa shape index (κ1) is 34.6. The molecule has 264 valence electrons. The molecule has 0 radical (unpaired) electrons. The molecule has 2 heterocycles. The first-order chi connectivity index (χ1) is 23.9. The lowest BCUT2D eigenvalue weighted by atomic mass is 9.56. The maximum absolute atomic E-state index is 15.2. The van der Waals surface area contributed by atoms with Gasteiger partial charge in [-0.3, -0.25) is 29.3 Å². The number of alkyl halides is 2. The number of amides is 4. The summed E-state index contributed by atoms with van der Waals surface area (Å²) in [6, 6.07) is 7.58. The van der Waals surface area contributed by atoms with E-state index in [1.807, 2.05) is 0 Å². The summed E-state index contributed by atoms with van der Waals surface area (Å²) >= 11 is 14.3. The van der Waals surface area contributed by atoms with E-state index in [9.17, 15) is 47.6 Å². The van der Waals surface area contributed by atoms with Crippen molar-refractivity contribution in [1.29, 1.82) is 0 Å². The van der Waals surface area contributed by atoms with Crippen LogP contribution in [-0.4, -0.2) is 43.4 Å². The van der Waals surface area contributed by atoms with Crippen molar-refractivity contribution in [3.63, 3.8) is 0 Å².